The Labute approximate surface area is 131 Å². The first-order valence-electron chi connectivity index (χ1n) is 7.37. The van der Waals surface area contributed by atoms with Crippen molar-refractivity contribution < 1.29 is 0 Å². The van der Waals surface area contributed by atoms with Crippen molar-refractivity contribution in [1.29, 1.82) is 0 Å². The van der Waals surface area contributed by atoms with E-state index < -0.39 is 0 Å². The molecule has 4 heteroatoms. The van der Waals surface area contributed by atoms with Gasteiger partial charge in [0.15, 0.2) is 0 Å². The van der Waals surface area contributed by atoms with Crippen LogP contribution in [0.3, 0.4) is 0 Å². The number of benzene rings is 2. The van der Waals surface area contributed by atoms with E-state index in [-0.39, 0.29) is 0 Å². The summed E-state index contributed by atoms with van der Waals surface area (Å²) >= 11 is 0. The van der Waals surface area contributed by atoms with Gasteiger partial charge in [0.1, 0.15) is 12.7 Å². The molecule has 0 bridgehead atoms. The van der Waals surface area contributed by atoms with Gasteiger partial charge >= 0.3 is 0 Å². The second-order valence-corrected chi connectivity index (χ2v) is 5.68. The van der Waals surface area contributed by atoms with Gasteiger partial charge in [0.25, 0.3) is 0 Å². The zero-order chi connectivity index (χ0) is 15.5. The second-order valence-electron chi connectivity index (χ2n) is 5.68. The molecule has 0 spiro atoms. The van der Waals surface area contributed by atoms with Crippen LogP contribution >= 0.6 is 0 Å². The van der Waals surface area contributed by atoms with Crippen molar-refractivity contribution in [3.8, 4) is 16.8 Å². The standard InChI is InChI=1S/C18H20N4/c1-14(21(2)3)15-7-9-16(10-8-15)17-5-4-6-18(11-17)22-12-19-20-13-22/h4-14H,1-3H3/t14-/m0/s1. The molecule has 0 saturated heterocycles. The van der Waals surface area contributed by atoms with Gasteiger partial charge in [-0.3, -0.25) is 4.57 Å². The molecule has 1 atom stereocenters. The van der Waals surface area contributed by atoms with E-state index in [0.717, 1.165) is 5.69 Å². The maximum Gasteiger partial charge on any atom is 0.123 e. The van der Waals surface area contributed by atoms with Gasteiger partial charge in [-0.05, 0) is 49.8 Å². The molecule has 0 aliphatic rings. The largest absolute Gasteiger partial charge is 0.303 e. The van der Waals surface area contributed by atoms with E-state index in [2.05, 4.69) is 84.6 Å². The van der Waals surface area contributed by atoms with Crippen LogP contribution < -0.4 is 0 Å². The Balaban J connectivity index is 1.90. The minimum absolute atomic E-state index is 0.414. The molecule has 1 aromatic heterocycles. The Hall–Kier alpha value is -2.46. The predicted octanol–water partition coefficient (Wildman–Crippen LogP) is 3.56. The van der Waals surface area contributed by atoms with Crippen molar-refractivity contribution in [2.75, 3.05) is 14.1 Å². The van der Waals surface area contributed by atoms with Crippen molar-refractivity contribution >= 4 is 0 Å². The molecule has 3 aromatic rings. The fourth-order valence-electron chi connectivity index (χ4n) is 2.43. The van der Waals surface area contributed by atoms with Crippen LogP contribution in [-0.4, -0.2) is 33.8 Å². The van der Waals surface area contributed by atoms with Crippen LogP contribution in [0.4, 0.5) is 0 Å². The number of rotatable bonds is 4. The molecule has 0 aliphatic heterocycles. The summed E-state index contributed by atoms with van der Waals surface area (Å²) in [5, 5.41) is 7.71. The Morgan fingerprint density at radius 3 is 2.23 bits per heavy atom. The van der Waals surface area contributed by atoms with E-state index in [1.54, 1.807) is 12.7 Å². The molecule has 0 saturated carbocycles. The highest BCUT2D eigenvalue weighted by Gasteiger charge is 2.08. The maximum atomic E-state index is 3.86. The molecule has 2 aromatic carbocycles. The van der Waals surface area contributed by atoms with Crippen LogP contribution in [0.15, 0.2) is 61.2 Å². The Kier molecular flexibility index (Phi) is 4.02. The zero-order valence-corrected chi connectivity index (χ0v) is 13.1. The van der Waals surface area contributed by atoms with Crippen molar-refractivity contribution in [2.24, 2.45) is 0 Å². The fraction of sp³-hybridized carbons (Fsp3) is 0.222. The highest BCUT2D eigenvalue weighted by molar-refractivity contribution is 5.66. The van der Waals surface area contributed by atoms with Gasteiger partial charge in [-0.15, -0.1) is 10.2 Å². The lowest BCUT2D eigenvalue weighted by atomic mass is 10.0. The van der Waals surface area contributed by atoms with Gasteiger partial charge in [0.2, 0.25) is 0 Å². The summed E-state index contributed by atoms with van der Waals surface area (Å²) in [6.07, 6.45) is 3.42. The lowest BCUT2D eigenvalue weighted by Crippen LogP contribution is -2.16. The first-order chi connectivity index (χ1) is 10.6. The predicted molar refractivity (Wildman–Crippen MR) is 88.9 cm³/mol. The topological polar surface area (TPSA) is 34.0 Å². The van der Waals surface area contributed by atoms with Crippen molar-refractivity contribution in [3.05, 3.63) is 66.7 Å². The van der Waals surface area contributed by atoms with Crippen LogP contribution in [-0.2, 0) is 0 Å². The smallest absolute Gasteiger partial charge is 0.123 e. The molecular formula is C18H20N4. The second kappa shape index (κ2) is 6.12. The molecule has 112 valence electrons. The van der Waals surface area contributed by atoms with Crippen LogP contribution in [0.1, 0.15) is 18.5 Å². The summed E-state index contributed by atoms with van der Waals surface area (Å²) in [6.45, 7) is 2.21. The first kappa shape index (κ1) is 14.5. The normalized spacial score (nSPS) is 12.5. The van der Waals surface area contributed by atoms with Crippen molar-refractivity contribution in [2.45, 2.75) is 13.0 Å². The van der Waals surface area contributed by atoms with Gasteiger partial charge in [-0.2, -0.15) is 0 Å². The molecule has 22 heavy (non-hydrogen) atoms. The van der Waals surface area contributed by atoms with Crippen LogP contribution in [0.25, 0.3) is 16.8 Å². The summed E-state index contributed by atoms with van der Waals surface area (Å²) in [7, 11) is 4.20. The van der Waals surface area contributed by atoms with E-state index in [0.29, 0.717) is 6.04 Å². The third-order valence-corrected chi connectivity index (χ3v) is 4.06. The van der Waals surface area contributed by atoms with Crippen LogP contribution in [0.2, 0.25) is 0 Å². The van der Waals surface area contributed by atoms with Gasteiger partial charge in [0.05, 0.1) is 0 Å². The molecule has 0 aliphatic carbocycles. The van der Waals surface area contributed by atoms with E-state index in [1.165, 1.54) is 16.7 Å². The summed E-state index contributed by atoms with van der Waals surface area (Å²) in [6, 6.07) is 17.6. The molecule has 4 nitrogen and oxygen atoms in total. The number of hydrogen-bond donors (Lipinski definition) is 0. The van der Waals surface area contributed by atoms with E-state index >= 15 is 0 Å². The molecule has 0 unspecified atom stereocenters. The molecule has 3 rings (SSSR count). The monoisotopic (exact) mass is 292 g/mol. The number of nitrogens with zero attached hydrogens (tertiary/aromatic N) is 4. The molecule has 0 fully saturated rings. The Morgan fingerprint density at radius 1 is 0.909 bits per heavy atom. The summed E-state index contributed by atoms with van der Waals surface area (Å²) < 4.78 is 1.91. The van der Waals surface area contributed by atoms with Crippen molar-refractivity contribution in [1.82, 2.24) is 19.7 Å². The highest BCUT2D eigenvalue weighted by Crippen LogP contribution is 2.25. The Bertz CT molecular complexity index is 730. The minimum Gasteiger partial charge on any atom is -0.303 e. The van der Waals surface area contributed by atoms with Crippen LogP contribution in [0, 0.1) is 0 Å². The van der Waals surface area contributed by atoms with Crippen LogP contribution in [0.5, 0.6) is 0 Å². The molecule has 0 N–H and O–H groups in total. The maximum absolute atomic E-state index is 3.86. The molecule has 0 amide bonds. The van der Waals surface area contributed by atoms with Gasteiger partial charge in [-0.25, -0.2) is 0 Å². The van der Waals surface area contributed by atoms with E-state index in [4.69, 9.17) is 0 Å². The first-order valence-corrected chi connectivity index (χ1v) is 7.37. The third-order valence-electron chi connectivity index (χ3n) is 4.06. The van der Waals surface area contributed by atoms with Crippen molar-refractivity contribution in [3.63, 3.8) is 0 Å². The zero-order valence-electron chi connectivity index (χ0n) is 13.1. The summed E-state index contributed by atoms with van der Waals surface area (Å²) in [5.74, 6) is 0. The average Bonchev–Trinajstić information content (AvgIpc) is 3.09. The van der Waals surface area contributed by atoms with Gasteiger partial charge in [0, 0.05) is 11.7 Å². The summed E-state index contributed by atoms with van der Waals surface area (Å²) in [5.41, 5.74) is 4.79. The third kappa shape index (κ3) is 2.92. The Morgan fingerprint density at radius 2 is 1.59 bits per heavy atom. The molecule has 0 radical (unpaired) electrons. The fourth-order valence-corrected chi connectivity index (χ4v) is 2.43. The molecule has 1 heterocycles. The average molecular weight is 292 g/mol. The SMILES string of the molecule is C[C@@H](c1ccc(-c2cccc(-n3cnnc3)c2)cc1)N(C)C. The quantitative estimate of drug-likeness (QED) is 0.737. The van der Waals surface area contributed by atoms with Gasteiger partial charge < -0.3 is 4.90 Å². The number of aromatic nitrogens is 3. The highest BCUT2D eigenvalue weighted by atomic mass is 15.2. The van der Waals surface area contributed by atoms with E-state index in [9.17, 15) is 0 Å². The number of hydrogen-bond acceptors (Lipinski definition) is 3. The molecular weight excluding hydrogens is 272 g/mol. The minimum atomic E-state index is 0.414. The van der Waals surface area contributed by atoms with E-state index in [1.807, 2.05) is 4.57 Å². The lowest BCUT2D eigenvalue weighted by Gasteiger charge is -2.20. The lowest BCUT2D eigenvalue weighted by molar-refractivity contribution is 0.321. The summed E-state index contributed by atoms with van der Waals surface area (Å²) in [4.78, 5) is 2.21. The van der Waals surface area contributed by atoms with Gasteiger partial charge in [-0.1, -0.05) is 36.4 Å².